The second-order valence-electron chi connectivity index (χ2n) is 2.39. The summed E-state index contributed by atoms with van der Waals surface area (Å²) in [5.41, 5.74) is 0.545. The lowest BCUT2D eigenvalue weighted by Gasteiger charge is -2.02. The topological polar surface area (TPSA) is 89.4 Å². The molecule has 0 atom stereocenters. The highest BCUT2D eigenvalue weighted by atomic mass is 16.7. The molecule has 0 fully saturated rings. The highest BCUT2D eigenvalue weighted by molar-refractivity contribution is 5.95. The van der Waals surface area contributed by atoms with Crippen LogP contribution >= 0.6 is 0 Å². The minimum atomic E-state index is -1.64. The van der Waals surface area contributed by atoms with Gasteiger partial charge in [-0.05, 0) is 6.42 Å². The molecule has 1 N–H and O–H groups in total. The number of ether oxygens (including phenoxy) is 1. The molecule has 74 valence electrons. The van der Waals surface area contributed by atoms with Crippen molar-refractivity contribution < 1.29 is 19.4 Å². The van der Waals surface area contributed by atoms with Crippen LogP contribution in [0.5, 0.6) is 0 Å². The van der Waals surface area contributed by atoms with Crippen LogP contribution < -0.4 is 0 Å². The van der Waals surface area contributed by atoms with Gasteiger partial charge in [-0.15, -0.1) is 0 Å². The van der Waals surface area contributed by atoms with Crippen molar-refractivity contribution in [2.45, 2.75) is 13.3 Å². The van der Waals surface area contributed by atoms with Crippen molar-refractivity contribution in [1.29, 1.82) is 0 Å². The maximum absolute atomic E-state index is 11.2. The predicted molar refractivity (Wildman–Crippen MR) is 44.9 cm³/mol. The second kappa shape index (κ2) is 4.31. The van der Waals surface area contributed by atoms with E-state index in [4.69, 9.17) is 5.11 Å². The van der Waals surface area contributed by atoms with E-state index in [2.05, 4.69) is 14.7 Å². The molecule has 0 aromatic carbocycles. The number of esters is 1. The Balaban J connectivity index is 2.94. The zero-order valence-corrected chi connectivity index (χ0v) is 7.43. The molecule has 0 radical (unpaired) electrons. The van der Waals surface area contributed by atoms with E-state index in [9.17, 15) is 9.59 Å². The lowest BCUT2D eigenvalue weighted by Crippen LogP contribution is -2.13. The molecule has 0 aliphatic heterocycles. The summed E-state index contributed by atoms with van der Waals surface area (Å²) < 4.78 is 3.98. The first-order valence-electron chi connectivity index (χ1n) is 3.89. The molecular formula is C8H8N2O4. The van der Waals surface area contributed by atoms with Gasteiger partial charge in [0.25, 0.3) is 0 Å². The lowest BCUT2D eigenvalue weighted by molar-refractivity contribution is 0.0507. The van der Waals surface area contributed by atoms with Gasteiger partial charge in [0.1, 0.15) is 11.9 Å². The molecule has 0 aliphatic carbocycles. The summed E-state index contributed by atoms with van der Waals surface area (Å²) in [5.74, 6) is -0.949. The Morgan fingerprint density at radius 3 is 2.86 bits per heavy atom. The number of carbonyl (C=O) groups excluding carboxylic acids is 1. The first-order chi connectivity index (χ1) is 6.65. The molecule has 0 unspecified atom stereocenters. The van der Waals surface area contributed by atoms with E-state index in [0.717, 1.165) is 0 Å². The fourth-order valence-corrected chi connectivity index (χ4v) is 0.941. The quantitative estimate of drug-likeness (QED) is 0.557. The van der Waals surface area contributed by atoms with E-state index in [0.29, 0.717) is 12.1 Å². The number of carbonyl (C=O) groups is 2. The molecule has 0 amide bonds. The Kier molecular flexibility index (Phi) is 3.11. The smallest absolute Gasteiger partial charge is 0.449 e. The largest absolute Gasteiger partial charge is 0.513 e. The number of aryl methyl sites for hydroxylation is 1. The van der Waals surface area contributed by atoms with Crippen LogP contribution in [0, 0.1) is 0 Å². The van der Waals surface area contributed by atoms with Crippen molar-refractivity contribution in [3.05, 3.63) is 23.8 Å². The van der Waals surface area contributed by atoms with Gasteiger partial charge in [-0.1, -0.05) is 6.92 Å². The fourth-order valence-electron chi connectivity index (χ4n) is 0.941. The Labute approximate surface area is 79.6 Å². The van der Waals surface area contributed by atoms with Crippen LogP contribution in [0.15, 0.2) is 12.5 Å². The fraction of sp³-hybridized carbons (Fsp3) is 0.250. The Hall–Kier alpha value is -1.98. The highest BCUT2D eigenvalue weighted by Crippen LogP contribution is 2.06. The van der Waals surface area contributed by atoms with Crippen molar-refractivity contribution >= 4 is 12.1 Å². The minimum Gasteiger partial charge on any atom is -0.449 e. The SMILES string of the molecule is CCc1ncncc1C(=O)OC(=O)O. The number of aromatic nitrogens is 2. The molecule has 0 bridgehead atoms. The summed E-state index contributed by atoms with van der Waals surface area (Å²) in [5, 5.41) is 8.22. The van der Waals surface area contributed by atoms with Crippen LogP contribution in [0.25, 0.3) is 0 Å². The Morgan fingerprint density at radius 2 is 2.29 bits per heavy atom. The molecule has 0 saturated carbocycles. The molecule has 6 heteroatoms. The molecule has 0 aliphatic rings. The van der Waals surface area contributed by atoms with Gasteiger partial charge in [0.15, 0.2) is 0 Å². The molecular weight excluding hydrogens is 188 g/mol. The standard InChI is InChI=1S/C8H8N2O4/c1-2-6-5(3-9-4-10-6)7(11)14-8(12)13/h3-4H,2H2,1H3,(H,12,13). The molecule has 0 saturated heterocycles. The van der Waals surface area contributed by atoms with Crippen LogP contribution in [0.3, 0.4) is 0 Å². The Morgan fingerprint density at radius 1 is 1.57 bits per heavy atom. The summed E-state index contributed by atoms with van der Waals surface area (Å²) in [4.78, 5) is 28.7. The van der Waals surface area contributed by atoms with Gasteiger partial charge in [0.05, 0.1) is 5.69 Å². The van der Waals surface area contributed by atoms with E-state index in [-0.39, 0.29) is 5.56 Å². The number of hydrogen-bond acceptors (Lipinski definition) is 5. The van der Waals surface area contributed by atoms with Gasteiger partial charge in [-0.25, -0.2) is 19.6 Å². The van der Waals surface area contributed by atoms with E-state index >= 15 is 0 Å². The van der Waals surface area contributed by atoms with Gasteiger partial charge in [-0.3, -0.25) is 0 Å². The van der Waals surface area contributed by atoms with Crippen LogP contribution in [0.2, 0.25) is 0 Å². The zero-order valence-electron chi connectivity index (χ0n) is 7.43. The van der Waals surface area contributed by atoms with Crippen molar-refractivity contribution in [3.8, 4) is 0 Å². The monoisotopic (exact) mass is 196 g/mol. The van der Waals surface area contributed by atoms with Gasteiger partial charge >= 0.3 is 12.1 Å². The van der Waals surface area contributed by atoms with Crippen LogP contribution in [0.4, 0.5) is 4.79 Å². The third kappa shape index (κ3) is 2.25. The first kappa shape index (κ1) is 10.1. The zero-order chi connectivity index (χ0) is 10.6. The first-order valence-corrected chi connectivity index (χ1v) is 3.89. The summed E-state index contributed by atoms with van der Waals surface area (Å²) in [6, 6.07) is 0. The lowest BCUT2D eigenvalue weighted by atomic mass is 10.2. The van der Waals surface area contributed by atoms with Crippen LogP contribution in [-0.4, -0.2) is 27.2 Å². The summed E-state index contributed by atoms with van der Waals surface area (Å²) in [6.07, 6.45) is 1.39. The molecule has 14 heavy (non-hydrogen) atoms. The maximum atomic E-state index is 11.2. The van der Waals surface area contributed by atoms with Gasteiger partial charge in [0, 0.05) is 6.20 Å². The highest BCUT2D eigenvalue weighted by Gasteiger charge is 2.15. The summed E-state index contributed by atoms with van der Waals surface area (Å²) in [6.45, 7) is 1.79. The molecule has 1 aromatic rings. The molecule has 0 spiro atoms. The van der Waals surface area contributed by atoms with Crippen molar-refractivity contribution in [2.75, 3.05) is 0 Å². The van der Waals surface area contributed by atoms with Crippen molar-refractivity contribution in [2.24, 2.45) is 0 Å². The van der Waals surface area contributed by atoms with Crippen molar-refractivity contribution in [1.82, 2.24) is 9.97 Å². The molecule has 1 heterocycles. The number of rotatable bonds is 2. The maximum Gasteiger partial charge on any atom is 0.513 e. The van der Waals surface area contributed by atoms with E-state index in [1.807, 2.05) is 0 Å². The van der Waals surface area contributed by atoms with Gasteiger partial charge in [-0.2, -0.15) is 0 Å². The number of hydrogen-bond donors (Lipinski definition) is 1. The summed E-state index contributed by atoms with van der Waals surface area (Å²) in [7, 11) is 0. The minimum absolute atomic E-state index is 0.0809. The van der Waals surface area contributed by atoms with E-state index < -0.39 is 12.1 Å². The summed E-state index contributed by atoms with van der Waals surface area (Å²) >= 11 is 0. The molecule has 1 rings (SSSR count). The predicted octanol–water partition coefficient (Wildman–Crippen LogP) is 0.874. The normalized spacial score (nSPS) is 9.50. The second-order valence-corrected chi connectivity index (χ2v) is 2.39. The van der Waals surface area contributed by atoms with E-state index in [1.54, 1.807) is 6.92 Å². The average Bonchev–Trinajstić information content (AvgIpc) is 2.16. The average molecular weight is 196 g/mol. The van der Waals surface area contributed by atoms with Crippen molar-refractivity contribution in [3.63, 3.8) is 0 Å². The number of carboxylic acid groups (broad SMARTS) is 1. The Bertz CT molecular complexity index is 364. The third-order valence-corrected chi connectivity index (χ3v) is 1.53. The third-order valence-electron chi connectivity index (χ3n) is 1.53. The van der Waals surface area contributed by atoms with Crippen LogP contribution in [-0.2, 0) is 11.2 Å². The van der Waals surface area contributed by atoms with E-state index in [1.165, 1.54) is 12.5 Å². The van der Waals surface area contributed by atoms with Gasteiger partial charge < -0.3 is 9.84 Å². The number of nitrogens with zero attached hydrogens (tertiary/aromatic N) is 2. The van der Waals surface area contributed by atoms with Crippen LogP contribution in [0.1, 0.15) is 23.0 Å². The molecule has 1 aromatic heterocycles. The van der Waals surface area contributed by atoms with Gasteiger partial charge in [0.2, 0.25) is 0 Å². The molecule has 6 nitrogen and oxygen atoms in total.